The molecule has 1 rings (SSSR count). The van der Waals surface area contributed by atoms with E-state index in [-0.39, 0.29) is 22.6 Å². The van der Waals surface area contributed by atoms with E-state index in [1.807, 2.05) is 6.92 Å². The minimum atomic E-state index is -4.75. The van der Waals surface area contributed by atoms with Gasteiger partial charge in [-0.1, -0.05) is 12.1 Å². The molecule has 8 heteroatoms. The van der Waals surface area contributed by atoms with Crippen molar-refractivity contribution in [2.45, 2.75) is 19.3 Å². The first-order valence-corrected chi connectivity index (χ1v) is 6.14. The largest absolute Gasteiger partial charge is 0.573 e. The number of hydrogen-bond donors (Lipinski definition) is 2. The minimum absolute atomic E-state index is 0.0734. The van der Waals surface area contributed by atoms with Crippen molar-refractivity contribution in [2.75, 3.05) is 19.0 Å². The van der Waals surface area contributed by atoms with Crippen molar-refractivity contribution in [1.82, 2.24) is 5.32 Å². The summed E-state index contributed by atoms with van der Waals surface area (Å²) >= 11 is 5.01. The van der Waals surface area contributed by atoms with Crippen LogP contribution in [0, 0.1) is 0 Å². The molecule has 20 heavy (non-hydrogen) atoms. The zero-order valence-electron chi connectivity index (χ0n) is 11.0. The van der Waals surface area contributed by atoms with Gasteiger partial charge < -0.3 is 20.1 Å². The first-order chi connectivity index (χ1) is 9.31. The Morgan fingerprint density at radius 2 is 2.00 bits per heavy atom. The number of thiocarbonyl (C=S) groups is 1. The molecule has 0 amide bonds. The third-order valence-corrected chi connectivity index (χ3v) is 2.38. The lowest BCUT2D eigenvalue weighted by Gasteiger charge is -2.18. The molecule has 0 saturated heterocycles. The molecule has 0 fully saturated rings. The van der Waals surface area contributed by atoms with Crippen molar-refractivity contribution in [3.05, 3.63) is 24.3 Å². The van der Waals surface area contributed by atoms with E-state index in [0.717, 1.165) is 0 Å². The Balaban J connectivity index is 2.70. The predicted molar refractivity (Wildman–Crippen MR) is 73.8 cm³/mol. The lowest BCUT2D eigenvalue weighted by atomic mass is 10.3. The molecule has 1 aromatic rings. The number of alkyl halides is 3. The molecule has 1 aromatic carbocycles. The zero-order valence-corrected chi connectivity index (χ0v) is 11.8. The minimum Gasteiger partial charge on any atom is -0.404 e. The summed E-state index contributed by atoms with van der Waals surface area (Å²) in [5, 5.41) is 5.73. The molecule has 1 atom stereocenters. The van der Waals surface area contributed by atoms with Gasteiger partial charge in [-0.3, -0.25) is 0 Å². The van der Waals surface area contributed by atoms with Crippen LogP contribution in [0.5, 0.6) is 5.75 Å². The highest BCUT2D eigenvalue weighted by molar-refractivity contribution is 7.80. The Labute approximate surface area is 120 Å². The second kappa shape index (κ2) is 7.30. The molecule has 4 nitrogen and oxygen atoms in total. The van der Waals surface area contributed by atoms with Crippen LogP contribution in [0.1, 0.15) is 6.92 Å². The maximum atomic E-state index is 12.3. The second-order valence-corrected chi connectivity index (χ2v) is 4.41. The SMILES string of the molecule is COCC(C)NC(=S)Nc1ccccc1OC(F)(F)F. The zero-order chi connectivity index (χ0) is 15.2. The Kier molecular flexibility index (Phi) is 6.03. The molecule has 112 valence electrons. The van der Waals surface area contributed by atoms with Crippen LogP contribution in [0.2, 0.25) is 0 Å². The normalized spacial score (nSPS) is 12.7. The summed E-state index contributed by atoms with van der Waals surface area (Å²) in [6.07, 6.45) is -4.75. The molecular weight excluding hydrogens is 293 g/mol. The van der Waals surface area contributed by atoms with Crippen LogP contribution >= 0.6 is 12.2 Å². The molecule has 0 aliphatic carbocycles. The van der Waals surface area contributed by atoms with Crippen molar-refractivity contribution < 1.29 is 22.6 Å². The standard InChI is InChI=1S/C12H15F3N2O2S/c1-8(7-18-2)16-11(20)17-9-5-3-4-6-10(9)19-12(13,14)15/h3-6,8H,7H2,1-2H3,(H2,16,17,20). The van der Waals surface area contributed by atoms with Crippen molar-refractivity contribution in [2.24, 2.45) is 0 Å². The third-order valence-electron chi connectivity index (χ3n) is 2.16. The van der Waals surface area contributed by atoms with E-state index in [2.05, 4.69) is 15.4 Å². The summed E-state index contributed by atoms with van der Waals surface area (Å²) in [7, 11) is 1.54. The van der Waals surface area contributed by atoms with E-state index < -0.39 is 6.36 Å². The monoisotopic (exact) mass is 308 g/mol. The number of nitrogens with one attached hydrogen (secondary N) is 2. The number of ether oxygens (including phenoxy) is 2. The van der Waals surface area contributed by atoms with Gasteiger partial charge in [0.15, 0.2) is 10.9 Å². The van der Waals surface area contributed by atoms with Crippen LogP contribution in [0.25, 0.3) is 0 Å². The Hall–Kier alpha value is -1.54. The van der Waals surface area contributed by atoms with Crippen LogP contribution in [0.4, 0.5) is 18.9 Å². The van der Waals surface area contributed by atoms with Gasteiger partial charge in [-0.25, -0.2) is 0 Å². The average molecular weight is 308 g/mol. The molecule has 0 spiro atoms. The number of methoxy groups -OCH3 is 1. The lowest BCUT2D eigenvalue weighted by molar-refractivity contribution is -0.274. The average Bonchev–Trinajstić information content (AvgIpc) is 2.30. The highest BCUT2D eigenvalue weighted by atomic mass is 32.1. The van der Waals surface area contributed by atoms with E-state index >= 15 is 0 Å². The Bertz CT molecular complexity index is 455. The number of hydrogen-bond acceptors (Lipinski definition) is 3. The fourth-order valence-corrected chi connectivity index (χ4v) is 1.77. The van der Waals surface area contributed by atoms with Gasteiger partial charge in [0.25, 0.3) is 0 Å². The predicted octanol–water partition coefficient (Wildman–Crippen LogP) is 2.91. The fourth-order valence-electron chi connectivity index (χ4n) is 1.46. The number of benzene rings is 1. The number of para-hydroxylation sites is 2. The van der Waals surface area contributed by atoms with Gasteiger partial charge >= 0.3 is 6.36 Å². The molecule has 0 aromatic heterocycles. The molecule has 1 unspecified atom stereocenters. The first-order valence-electron chi connectivity index (χ1n) is 5.73. The molecule has 0 aliphatic heterocycles. The number of rotatable bonds is 5. The fraction of sp³-hybridized carbons (Fsp3) is 0.417. The summed E-state index contributed by atoms with van der Waals surface area (Å²) in [5.41, 5.74) is 0.131. The Morgan fingerprint density at radius 1 is 1.35 bits per heavy atom. The summed E-state index contributed by atoms with van der Waals surface area (Å²) in [5.74, 6) is -0.344. The topological polar surface area (TPSA) is 42.5 Å². The summed E-state index contributed by atoms with van der Waals surface area (Å²) in [6, 6.07) is 5.59. The van der Waals surface area contributed by atoms with Crippen LogP contribution in [0.3, 0.4) is 0 Å². The second-order valence-electron chi connectivity index (χ2n) is 4.00. The molecule has 0 aliphatic rings. The highest BCUT2D eigenvalue weighted by Gasteiger charge is 2.32. The molecule has 0 radical (unpaired) electrons. The van der Waals surface area contributed by atoms with Crippen LogP contribution in [-0.2, 0) is 4.74 Å². The van der Waals surface area contributed by atoms with Gasteiger partial charge in [0, 0.05) is 13.2 Å². The van der Waals surface area contributed by atoms with E-state index in [4.69, 9.17) is 17.0 Å². The number of anilines is 1. The van der Waals surface area contributed by atoms with Crippen molar-refractivity contribution in [3.63, 3.8) is 0 Å². The molecular formula is C12H15F3N2O2S. The van der Waals surface area contributed by atoms with E-state index in [9.17, 15) is 13.2 Å². The van der Waals surface area contributed by atoms with Crippen molar-refractivity contribution in [1.29, 1.82) is 0 Å². The van der Waals surface area contributed by atoms with E-state index in [1.54, 1.807) is 13.2 Å². The van der Waals surface area contributed by atoms with Gasteiger partial charge in [-0.05, 0) is 31.3 Å². The van der Waals surface area contributed by atoms with E-state index in [0.29, 0.717) is 6.61 Å². The quantitative estimate of drug-likeness (QED) is 0.819. The van der Waals surface area contributed by atoms with Gasteiger partial charge in [0.2, 0.25) is 0 Å². The van der Waals surface area contributed by atoms with Gasteiger partial charge in [0.1, 0.15) is 0 Å². The summed E-state index contributed by atoms with van der Waals surface area (Å²) < 4.78 is 45.6. The lowest BCUT2D eigenvalue weighted by Crippen LogP contribution is -2.38. The van der Waals surface area contributed by atoms with E-state index in [1.165, 1.54) is 18.2 Å². The third kappa shape index (κ3) is 6.07. The first kappa shape index (κ1) is 16.5. The maximum absolute atomic E-state index is 12.3. The van der Waals surface area contributed by atoms with Crippen molar-refractivity contribution >= 4 is 23.0 Å². The van der Waals surface area contributed by atoms with Gasteiger partial charge in [0.05, 0.1) is 12.3 Å². The van der Waals surface area contributed by atoms with Crippen LogP contribution in [-0.4, -0.2) is 31.2 Å². The molecule has 0 bridgehead atoms. The number of halogens is 3. The molecule has 2 N–H and O–H groups in total. The van der Waals surface area contributed by atoms with Crippen LogP contribution in [0.15, 0.2) is 24.3 Å². The summed E-state index contributed by atoms with van der Waals surface area (Å²) in [6.45, 7) is 2.25. The molecule has 0 heterocycles. The van der Waals surface area contributed by atoms with Crippen molar-refractivity contribution in [3.8, 4) is 5.75 Å². The highest BCUT2D eigenvalue weighted by Crippen LogP contribution is 2.29. The van der Waals surface area contributed by atoms with Gasteiger partial charge in [-0.15, -0.1) is 13.2 Å². The van der Waals surface area contributed by atoms with Crippen LogP contribution < -0.4 is 15.4 Å². The summed E-state index contributed by atoms with van der Waals surface area (Å²) in [4.78, 5) is 0. The smallest absolute Gasteiger partial charge is 0.404 e. The van der Waals surface area contributed by atoms with Gasteiger partial charge in [-0.2, -0.15) is 0 Å². The maximum Gasteiger partial charge on any atom is 0.573 e. The molecule has 0 saturated carbocycles. The Morgan fingerprint density at radius 3 is 2.60 bits per heavy atom.